The van der Waals surface area contributed by atoms with Crippen molar-refractivity contribution in [2.75, 3.05) is 4.90 Å². The summed E-state index contributed by atoms with van der Waals surface area (Å²) in [5.74, 6) is 0.854. The van der Waals surface area contributed by atoms with Gasteiger partial charge in [-0.15, -0.1) is 0 Å². The van der Waals surface area contributed by atoms with Gasteiger partial charge in [-0.1, -0.05) is 127 Å². The zero-order chi connectivity index (χ0) is 32.1. The molecule has 228 valence electrons. The molecule has 0 aliphatic carbocycles. The number of benzene rings is 8. The Morgan fingerprint density at radius 1 is 0.490 bits per heavy atom. The van der Waals surface area contributed by atoms with Gasteiger partial charge in [0.1, 0.15) is 11.2 Å². The molecule has 4 nitrogen and oxygen atoms in total. The first kappa shape index (κ1) is 26.4. The molecule has 0 fully saturated rings. The maximum atomic E-state index is 6.49. The number of nitrogens with zero attached hydrogens (tertiary/aromatic N) is 3. The van der Waals surface area contributed by atoms with E-state index in [1.165, 1.54) is 27.1 Å². The molecule has 0 saturated carbocycles. The van der Waals surface area contributed by atoms with E-state index in [9.17, 15) is 0 Å². The molecule has 0 atom stereocenters. The van der Waals surface area contributed by atoms with E-state index in [4.69, 9.17) is 9.40 Å². The number of para-hydroxylation sites is 3. The van der Waals surface area contributed by atoms with Crippen LogP contribution in [0.15, 0.2) is 168 Å². The lowest BCUT2D eigenvalue weighted by atomic mass is 9.94. The molecule has 4 heteroatoms. The number of imidazole rings is 1. The van der Waals surface area contributed by atoms with Crippen LogP contribution < -0.4 is 4.90 Å². The van der Waals surface area contributed by atoms with Crippen molar-refractivity contribution in [3.63, 3.8) is 0 Å². The van der Waals surface area contributed by atoms with Crippen LogP contribution in [-0.4, -0.2) is 9.55 Å². The average molecular weight is 626 g/mol. The van der Waals surface area contributed by atoms with Gasteiger partial charge in [-0.3, -0.25) is 9.47 Å². The number of furan rings is 1. The van der Waals surface area contributed by atoms with Gasteiger partial charge in [-0.05, 0) is 58.1 Å². The Hall–Kier alpha value is -6.65. The lowest BCUT2D eigenvalue weighted by molar-refractivity contribution is 0.670. The molecular weight excluding hydrogens is 599 g/mol. The van der Waals surface area contributed by atoms with Crippen molar-refractivity contribution in [2.45, 2.75) is 0 Å². The summed E-state index contributed by atoms with van der Waals surface area (Å²) in [6.07, 6.45) is 0. The first-order chi connectivity index (χ1) is 24.3. The van der Waals surface area contributed by atoms with Crippen molar-refractivity contribution in [3.05, 3.63) is 164 Å². The molecule has 0 radical (unpaired) electrons. The number of hydrogen-bond donors (Lipinski definition) is 0. The zero-order valence-electron chi connectivity index (χ0n) is 26.3. The molecule has 0 N–H and O–H groups in total. The second-order valence-electron chi connectivity index (χ2n) is 12.8. The predicted molar refractivity (Wildman–Crippen MR) is 202 cm³/mol. The summed E-state index contributed by atoms with van der Waals surface area (Å²) in [5.41, 5.74) is 11.6. The van der Waals surface area contributed by atoms with E-state index in [-0.39, 0.29) is 0 Å². The van der Waals surface area contributed by atoms with E-state index in [2.05, 4.69) is 161 Å². The van der Waals surface area contributed by atoms with Crippen LogP contribution in [0.25, 0.3) is 82.5 Å². The van der Waals surface area contributed by atoms with Crippen molar-refractivity contribution in [1.29, 1.82) is 0 Å². The van der Waals surface area contributed by atoms with Crippen molar-refractivity contribution in [2.24, 2.45) is 0 Å². The Morgan fingerprint density at radius 2 is 1.18 bits per heavy atom. The second kappa shape index (κ2) is 9.93. The van der Waals surface area contributed by atoms with Gasteiger partial charge in [-0.25, -0.2) is 4.98 Å². The minimum atomic E-state index is 0.854. The van der Waals surface area contributed by atoms with Crippen molar-refractivity contribution >= 4 is 71.8 Å². The fourth-order valence-electron chi connectivity index (χ4n) is 7.96. The maximum absolute atomic E-state index is 6.49. The maximum Gasteiger partial charge on any atom is 0.220 e. The van der Waals surface area contributed by atoms with E-state index in [1.54, 1.807) is 0 Å². The van der Waals surface area contributed by atoms with Crippen molar-refractivity contribution in [3.8, 4) is 27.9 Å². The minimum absolute atomic E-state index is 0.854. The molecule has 11 rings (SSSR count). The third-order valence-electron chi connectivity index (χ3n) is 10.1. The van der Waals surface area contributed by atoms with Crippen LogP contribution in [0, 0.1) is 0 Å². The molecule has 0 spiro atoms. The second-order valence-corrected chi connectivity index (χ2v) is 12.8. The molecule has 8 aromatic carbocycles. The Labute approximate surface area is 281 Å². The molecule has 0 amide bonds. The fraction of sp³-hybridized carbons (Fsp3) is 0. The molecule has 2 aromatic heterocycles. The first-order valence-corrected chi connectivity index (χ1v) is 16.6. The molecule has 10 aromatic rings. The Morgan fingerprint density at radius 3 is 2.10 bits per heavy atom. The average Bonchev–Trinajstić information content (AvgIpc) is 3.71. The van der Waals surface area contributed by atoms with Gasteiger partial charge in [0.05, 0.1) is 22.4 Å². The summed E-state index contributed by atoms with van der Waals surface area (Å²) >= 11 is 0. The van der Waals surface area contributed by atoms with Gasteiger partial charge >= 0.3 is 0 Å². The topological polar surface area (TPSA) is 34.2 Å². The Kier molecular flexibility index (Phi) is 5.35. The number of rotatable bonds is 2. The number of aromatic nitrogens is 2. The molecule has 0 bridgehead atoms. The smallest absolute Gasteiger partial charge is 0.220 e. The van der Waals surface area contributed by atoms with Gasteiger partial charge in [0.25, 0.3) is 0 Å². The fourth-order valence-corrected chi connectivity index (χ4v) is 7.96. The van der Waals surface area contributed by atoms with Gasteiger partial charge in [0, 0.05) is 38.5 Å². The number of fused-ring (bicyclic) bond motifs is 14. The normalized spacial score (nSPS) is 12.4. The van der Waals surface area contributed by atoms with E-state index in [0.717, 1.165) is 72.7 Å². The highest BCUT2D eigenvalue weighted by molar-refractivity contribution is 6.12. The highest BCUT2D eigenvalue weighted by Crippen LogP contribution is 2.50. The monoisotopic (exact) mass is 625 g/mol. The van der Waals surface area contributed by atoms with E-state index >= 15 is 0 Å². The molecule has 1 aliphatic rings. The molecule has 0 unspecified atom stereocenters. The summed E-state index contributed by atoms with van der Waals surface area (Å²) in [5, 5.41) is 7.04. The third-order valence-corrected chi connectivity index (χ3v) is 10.1. The highest BCUT2D eigenvalue weighted by Gasteiger charge is 2.31. The third kappa shape index (κ3) is 3.71. The summed E-state index contributed by atoms with van der Waals surface area (Å²) in [4.78, 5) is 7.79. The lowest BCUT2D eigenvalue weighted by Crippen LogP contribution is -2.14. The van der Waals surface area contributed by atoms with Crippen LogP contribution >= 0.6 is 0 Å². The van der Waals surface area contributed by atoms with Crippen LogP contribution in [0.3, 0.4) is 0 Å². The highest BCUT2D eigenvalue weighted by atomic mass is 16.3. The van der Waals surface area contributed by atoms with Crippen LogP contribution in [-0.2, 0) is 0 Å². The van der Waals surface area contributed by atoms with Crippen LogP contribution in [0.1, 0.15) is 0 Å². The molecular formula is C45H27N3O. The summed E-state index contributed by atoms with van der Waals surface area (Å²) in [6.45, 7) is 0. The molecule has 1 aliphatic heterocycles. The number of anilines is 3. The molecule has 49 heavy (non-hydrogen) atoms. The standard InChI is InChI=1S/C45H27N3O/c1-3-15-32-28(11-1)24-26-40-42(32)37-18-5-7-21-39(37)47(45-46-38-25-23-29-12-2-4-16-33(29)43(38)48(40)45)31-14-9-13-30(27-31)34-19-10-20-36-35-17-6-8-22-41(35)49-44(34)36/h1-27H. The molecule has 3 heterocycles. The van der Waals surface area contributed by atoms with Gasteiger partial charge in [-0.2, -0.15) is 0 Å². The van der Waals surface area contributed by atoms with Crippen molar-refractivity contribution in [1.82, 2.24) is 9.55 Å². The quantitative estimate of drug-likeness (QED) is 0.192. The lowest BCUT2D eigenvalue weighted by Gasteiger charge is -2.25. The predicted octanol–water partition coefficient (Wildman–Crippen LogP) is 12.3. The minimum Gasteiger partial charge on any atom is -0.455 e. The summed E-state index contributed by atoms with van der Waals surface area (Å²) in [7, 11) is 0. The SMILES string of the molecule is c1cc(-c2cccc3c2oc2ccccc23)cc(N2c3ccccc3-c3c(ccc4ccccc34)-n3c2nc2ccc4ccccc4c23)c1. The van der Waals surface area contributed by atoms with E-state index in [0.29, 0.717) is 0 Å². The van der Waals surface area contributed by atoms with Gasteiger partial charge < -0.3 is 4.42 Å². The van der Waals surface area contributed by atoms with Crippen molar-refractivity contribution < 1.29 is 4.42 Å². The number of hydrogen-bond acceptors (Lipinski definition) is 3. The van der Waals surface area contributed by atoms with Crippen LogP contribution in [0.2, 0.25) is 0 Å². The van der Waals surface area contributed by atoms with Crippen LogP contribution in [0.5, 0.6) is 0 Å². The van der Waals surface area contributed by atoms with E-state index in [1.807, 2.05) is 12.1 Å². The molecule has 0 saturated heterocycles. The van der Waals surface area contributed by atoms with E-state index < -0.39 is 0 Å². The van der Waals surface area contributed by atoms with Crippen LogP contribution in [0.4, 0.5) is 17.3 Å². The Balaban J connectivity index is 1.24. The van der Waals surface area contributed by atoms with Gasteiger partial charge in [0.2, 0.25) is 5.95 Å². The Bertz CT molecular complexity index is 2970. The van der Waals surface area contributed by atoms with Gasteiger partial charge in [0.15, 0.2) is 0 Å². The summed E-state index contributed by atoms with van der Waals surface area (Å²) in [6, 6.07) is 58.4. The zero-order valence-corrected chi connectivity index (χ0v) is 26.3. The largest absolute Gasteiger partial charge is 0.455 e. The first-order valence-electron chi connectivity index (χ1n) is 16.6. The summed E-state index contributed by atoms with van der Waals surface area (Å²) < 4.78 is 8.87.